The fraction of sp³-hybridized carbons (Fsp3) is 0.538. The maximum atomic E-state index is 14.9. The number of alkyl halides is 1. The first-order valence-electron chi connectivity index (χ1n) is 6.12. The van der Waals surface area contributed by atoms with E-state index in [9.17, 15) is 14.3 Å². The largest absolute Gasteiger partial charge is 0.383 e. The summed E-state index contributed by atoms with van der Waals surface area (Å²) in [6.45, 7) is 2.87. The lowest BCUT2D eigenvalue weighted by Crippen LogP contribution is -2.39. The number of aliphatic hydroxyl groups is 1. The van der Waals surface area contributed by atoms with Gasteiger partial charge in [-0.3, -0.25) is 4.57 Å². The summed E-state index contributed by atoms with van der Waals surface area (Å²) in [5, 5.41) is 9.69. The van der Waals surface area contributed by atoms with E-state index < -0.39 is 35.7 Å². The number of terminal acetylenes is 1. The van der Waals surface area contributed by atoms with Gasteiger partial charge in [-0.05, 0) is 13.0 Å². The molecule has 0 amide bonds. The first-order valence-corrected chi connectivity index (χ1v) is 6.12. The second-order valence-electron chi connectivity index (χ2n) is 5.05. The Balaban J connectivity index is 2.42. The van der Waals surface area contributed by atoms with Gasteiger partial charge in [0.1, 0.15) is 18.0 Å². The monoisotopic (exact) mass is 281 g/mol. The van der Waals surface area contributed by atoms with E-state index in [1.165, 1.54) is 19.2 Å². The Labute approximate surface area is 115 Å². The molecule has 0 aliphatic carbocycles. The summed E-state index contributed by atoms with van der Waals surface area (Å²) in [5.41, 5.74) is 2.79. The Bertz CT molecular complexity index is 608. The predicted octanol–water partition coefficient (Wildman–Crippen LogP) is 0.0813. The number of nitrogens with zero attached hydrogens (tertiary/aromatic N) is 2. The summed E-state index contributed by atoms with van der Waals surface area (Å²) in [5.74, 6) is 1.46. The van der Waals surface area contributed by atoms with Gasteiger partial charge in [0, 0.05) is 12.1 Å². The zero-order valence-electron chi connectivity index (χ0n) is 11.2. The summed E-state index contributed by atoms with van der Waals surface area (Å²) < 4.78 is 21.3. The van der Waals surface area contributed by atoms with Gasteiger partial charge in [-0.15, -0.1) is 6.42 Å². The summed E-state index contributed by atoms with van der Waals surface area (Å²) in [6, 6.07) is 1.37. The highest BCUT2D eigenvalue weighted by Gasteiger charge is 2.55. The van der Waals surface area contributed by atoms with Gasteiger partial charge in [0.25, 0.3) is 0 Å². The highest BCUT2D eigenvalue weighted by molar-refractivity contribution is 5.24. The van der Waals surface area contributed by atoms with Crippen molar-refractivity contribution in [2.75, 3.05) is 5.73 Å². The van der Waals surface area contributed by atoms with Crippen LogP contribution in [0.3, 0.4) is 0 Å². The number of nitrogens with two attached hydrogens (primary N) is 1. The molecule has 0 aromatic carbocycles. The molecular formula is C13H16FN3O3. The van der Waals surface area contributed by atoms with Crippen LogP contribution >= 0.6 is 0 Å². The number of aliphatic hydroxyl groups excluding tert-OH is 1. The summed E-state index contributed by atoms with van der Waals surface area (Å²) in [4.78, 5) is 15.3. The molecule has 6 nitrogen and oxygen atoms in total. The van der Waals surface area contributed by atoms with Gasteiger partial charge in [-0.2, -0.15) is 4.98 Å². The molecule has 1 aromatic rings. The molecule has 1 aromatic heterocycles. The third-order valence-corrected chi connectivity index (χ3v) is 3.74. The van der Waals surface area contributed by atoms with Crippen molar-refractivity contribution in [3.63, 3.8) is 0 Å². The number of hydrogen-bond donors (Lipinski definition) is 2. The Morgan fingerprint density at radius 1 is 1.75 bits per heavy atom. The van der Waals surface area contributed by atoms with E-state index in [1.54, 1.807) is 6.92 Å². The third kappa shape index (κ3) is 2.17. The molecule has 0 saturated carbocycles. The molecular weight excluding hydrogens is 265 g/mol. The van der Waals surface area contributed by atoms with Crippen molar-refractivity contribution in [2.45, 2.75) is 38.0 Å². The molecule has 1 aliphatic heterocycles. The highest BCUT2D eigenvalue weighted by atomic mass is 19.1. The van der Waals surface area contributed by atoms with Crippen molar-refractivity contribution in [1.29, 1.82) is 0 Å². The lowest BCUT2D eigenvalue weighted by Gasteiger charge is -2.25. The van der Waals surface area contributed by atoms with Crippen LogP contribution in [-0.4, -0.2) is 32.5 Å². The molecule has 1 fully saturated rings. The number of rotatable bonds is 2. The number of halogens is 1. The van der Waals surface area contributed by atoms with Crippen molar-refractivity contribution >= 4 is 5.82 Å². The predicted molar refractivity (Wildman–Crippen MR) is 70.3 cm³/mol. The Morgan fingerprint density at radius 3 is 2.95 bits per heavy atom. The SMILES string of the molecule is C#C[C@H](O)[C@H]1O[C@@H](n2ccc(N)nc2=O)[C@@](C)(F)[C@@H]1C. The minimum Gasteiger partial charge on any atom is -0.383 e. The summed E-state index contributed by atoms with van der Waals surface area (Å²) >= 11 is 0. The summed E-state index contributed by atoms with van der Waals surface area (Å²) in [7, 11) is 0. The van der Waals surface area contributed by atoms with Crippen LogP contribution in [0.2, 0.25) is 0 Å². The zero-order valence-corrected chi connectivity index (χ0v) is 11.2. The van der Waals surface area contributed by atoms with Gasteiger partial charge in [0.2, 0.25) is 0 Å². The third-order valence-electron chi connectivity index (χ3n) is 3.74. The fourth-order valence-electron chi connectivity index (χ4n) is 2.33. The van der Waals surface area contributed by atoms with Crippen molar-refractivity contribution < 1.29 is 14.2 Å². The first kappa shape index (κ1) is 14.5. The Morgan fingerprint density at radius 2 is 2.40 bits per heavy atom. The first-order chi connectivity index (χ1) is 9.28. The van der Waals surface area contributed by atoms with Crippen LogP contribution in [0.5, 0.6) is 0 Å². The van der Waals surface area contributed by atoms with E-state index in [-0.39, 0.29) is 5.82 Å². The highest BCUT2D eigenvalue weighted by Crippen LogP contribution is 2.45. The molecule has 3 N–H and O–H groups in total. The lowest BCUT2D eigenvalue weighted by atomic mass is 9.87. The van der Waals surface area contributed by atoms with Gasteiger partial charge in [-0.1, -0.05) is 12.8 Å². The number of nitrogen functional groups attached to an aromatic ring is 1. The second-order valence-corrected chi connectivity index (χ2v) is 5.05. The minimum absolute atomic E-state index is 0.0399. The topological polar surface area (TPSA) is 90.4 Å². The fourth-order valence-corrected chi connectivity index (χ4v) is 2.33. The van der Waals surface area contributed by atoms with Crippen LogP contribution < -0.4 is 11.4 Å². The van der Waals surface area contributed by atoms with E-state index in [4.69, 9.17) is 16.9 Å². The van der Waals surface area contributed by atoms with Crippen LogP contribution in [0, 0.1) is 18.3 Å². The normalized spacial score (nSPS) is 34.6. The average molecular weight is 281 g/mol. The molecule has 108 valence electrons. The smallest absolute Gasteiger partial charge is 0.351 e. The number of anilines is 1. The zero-order chi connectivity index (χ0) is 15.1. The van der Waals surface area contributed by atoms with Crippen molar-refractivity contribution in [3.05, 3.63) is 22.7 Å². The minimum atomic E-state index is -1.88. The van der Waals surface area contributed by atoms with Gasteiger partial charge in [0.15, 0.2) is 11.9 Å². The van der Waals surface area contributed by atoms with E-state index in [1.807, 2.05) is 0 Å². The van der Waals surface area contributed by atoms with Gasteiger partial charge in [-0.25, -0.2) is 9.18 Å². The van der Waals surface area contributed by atoms with E-state index in [0.717, 1.165) is 4.57 Å². The standard InChI is InChI=1S/C13H16FN3O3/c1-4-8(18)10-7(2)13(3,14)11(20-10)17-6-5-9(15)16-12(17)19/h1,5-8,10-11,18H,2-3H3,(H2,15,16,19)/t7-,8+,10+,11-,13+/m1/s1. The number of aromatic nitrogens is 2. The van der Waals surface area contributed by atoms with E-state index >= 15 is 0 Å². The van der Waals surface area contributed by atoms with Crippen LogP contribution in [-0.2, 0) is 4.74 Å². The van der Waals surface area contributed by atoms with Crippen molar-refractivity contribution in [1.82, 2.24) is 9.55 Å². The Hall–Kier alpha value is -1.91. The second kappa shape index (κ2) is 4.89. The molecule has 5 atom stereocenters. The van der Waals surface area contributed by atoms with Crippen LogP contribution in [0.1, 0.15) is 20.1 Å². The maximum Gasteiger partial charge on any atom is 0.351 e. The molecule has 2 heterocycles. The number of hydrogen-bond acceptors (Lipinski definition) is 5. The molecule has 1 saturated heterocycles. The van der Waals surface area contributed by atoms with Crippen LogP contribution in [0.25, 0.3) is 0 Å². The molecule has 20 heavy (non-hydrogen) atoms. The molecule has 0 spiro atoms. The van der Waals surface area contributed by atoms with Crippen molar-refractivity contribution in [3.8, 4) is 12.3 Å². The maximum absolute atomic E-state index is 14.9. The lowest BCUT2D eigenvalue weighted by molar-refractivity contribution is -0.0722. The quantitative estimate of drug-likeness (QED) is 0.749. The molecule has 0 unspecified atom stereocenters. The molecule has 2 rings (SSSR count). The van der Waals surface area contributed by atoms with E-state index in [0.29, 0.717) is 0 Å². The summed E-state index contributed by atoms with van der Waals surface area (Å²) in [6.07, 6.45) is 3.08. The van der Waals surface area contributed by atoms with Crippen LogP contribution in [0.15, 0.2) is 17.1 Å². The molecule has 1 aliphatic rings. The van der Waals surface area contributed by atoms with E-state index in [2.05, 4.69) is 10.9 Å². The molecule has 0 bridgehead atoms. The Kier molecular flexibility index (Phi) is 3.54. The average Bonchev–Trinajstić information content (AvgIpc) is 2.61. The molecule has 7 heteroatoms. The number of ether oxygens (including phenoxy) is 1. The van der Waals surface area contributed by atoms with Crippen molar-refractivity contribution in [2.24, 2.45) is 5.92 Å². The van der Waals surface area contributed by atoms with Gasteiger partial charge >= 0.3 is 5.69 Å². The van der Waals surface area contributed by atoms with Gasteiger partial charge < -0.3 is 15.6 Å². The van der Waals surface area contributed by atoms with Crippen LogP contribution in [0.4, 0.5) is 10.2 Å². The molecule has 0 radical (unpaired) electrons. The van der Waals surface area contributed by atoms with Gasteiger partial charge in [0.05, 0.1) is 0 Å².